The molecule has 2 nitrogen and oxygen atoms in total. The molecule has 0 bridgehead atoms. The summed E-state index contributed by atoms with van der Waals surface area (Å²) in [6, 6.07) is 12.0. The van der Waals surface area contributed by atoms with Crippen LogP contribution in [0, 0.1) is 20.8 Å². The number of benzene rings is 2. The third kappa shape index (κ3) is 3.31. The van der Waals surface area contributed by atoms with Crippen molar-refractivity contribution in [2.75, 3.05) is 0 Å². The van der Waals surface area contributed by atoms with Gasteiger partial charge in [0.15, 0.2) is 11.1 Å². The van der Waals surface area contributed by atoms with Gasteiger partial charge in [-0.05, 0) is 55.5 Å². The van der Waals surface area contributed by atoms with Gasteiger partial charge in [-0.1, -0.05) is 35.9 Å². The van der Waals surface area contributed by atoms with Crippen LogP contribution in [0.4, 0.5) is 0 Å². The second kappa shape index (κ2) is 5.68. The Kier molecular flexibility index (Phi) is 4.17. The standard InChI is InChI=1S/C16H18O2S/c1-11-4-6-13(3)15(8-11)10-14-7-5-12(2)9-16(14)19(17)18/h4-9H,10H2,1-3H3,(H,17,18). The summed E-state index contributed by atoms with van der Waals surface area (Å²) < 4.78 is 20.8. The van der Waals surface area contributed by atoms with Gasteiger partial charge >= 0.3 is 0 Å². The summed E-state index contributed by atoms with van der Waals surface area (Å²) in [7, 11) is 0. The predicted molar refractivity (Wildman–Crippen MR) is 78.9 cm³/mol. The molecule has 0 fully saturated rings. The summed E-state index contributed by atoms with van der Waals surface area (Å²) in [6.07, 6.45) is 0.690. The van der Waals surface area contributed by atoms with Gasteiger partial charge in [-0.2, -0.15) is 0 Å². The molecule has 2 aromatic rings. The molecule has 0 radical (unpaired) electrons. The first-order chi connectivity index (χ1) is 8.97. The van der Waals surface area contributed by atoms with Gasteiger partial charge < -0.3 is 4.55 Å². The molecule has 0 saturated heterocycles. The molecule has 0 spiro atoms. The van der Waals surface area contributed by atoms with Crippen molar-refractivity contribution < 1.29 is 8.76 Å². The third-order valence-electron chi connectivity index (χ3n) is 3.30. The predicted octanol–water partition coefficient (Wildman–Crippen LogP) is 3.78. The molecule has 0 amide bonds. The van der Waals surface area contributed by atoms with Crippen LogP contribution in [0.3, 0.4) is 0 Å². The Balaban J connectivity index is 2.43. The summed E-state index contributed by atoms with van der Waals surface area (Å²) in [5, 5.41) is 0. The first-order valence-corrected chi connectivity index (χ1v) is 7.34. The monoisotopic (exact) mass is 274 g/mol. The fourth-order valence-corrected chi connectivity index (χ4v) is 2.82. The van der Waals surface area contributed by atoms with E-state index in [9.17, 15) is 8.76 Å². The summed E-state index contributed by atoms with van der Waals surface area (Å²) in [5.74, 6) is 0. The van der Waals surface area contributed by atoms with Crippen molar-refractivity contribution in [3.63, 3.8) is 0 Å². The number of aryl methyl sites for hydroxylation is 3. The van der Waals surface area contributed by atoms with Crippen molar-refractivity contribution in [1.82, 2.24) is 0 Å². The van der Waals surface area contributed by atoms with Gasteiger partial charge in [0, 0.05) is 0 Å². The van der Waals surface area contributed by atoms with E-state index in [0.717, 1.165) is 11.1 Å². The number of hydrogen-bond acceptors (Lipinski definition) is 1. The molecule has 1 atom stereocenters. The highest BCUT2D eigenvalue weighted by Crippen LogP contribution is 2.21. The van der Waals surface area contributed by atoms with Gasteiger partial charge in [-0.15, -0.1) is 0 Å². The van der Waals surface area contributed by atoms with Crippen LogP contribution in [0.25, 0.3) is 0 Å². The molecule has 1 unspecified atom stereocenters. The minimum Gasteiger partial charge on any atom is -0.302 e. The minimum absolute atomic E-state index is 0.515. The molecule has 1 N–H and O–H groups in total. The van der Waals surface area contributed by atoms with E-state index in [2.05, 4.69) is 32.0 Å². The maximum Gasteiger partial charge on any atom is 0.186 e. The minimum atomic E-state index is -1.94. The van der Waals surface area contributed by atoms with E-state index in [1.807, 2.05) is 19.1 Å². The van der Waals surface area contributed by atoms with Crippen LogP contribution in [-0.4, -0.2) is 8.76 Å². The molecule has 0 heterocycles. The molecular weight excluding hydrogens is 256 g/mol. The van der Waals surface area contributed by atoms with Crippen molar-refractivity contribution >= 4 is 11.1 Å². The zero-order valence-corrected chi connectivity index (χ0v) is 12.3. The van der Waals surface area contributed by atoms with E-state index in [1.54, 1.807) is 6.07 Å². The molecule has 2 rings (SSSR count). The van der Waals surface area contributed by atoms with E-state index in [-0.39, 0.29) is 0 Å². The van der Waals surface area contributed by atoms with Crippen LogP contribution in [0.15, 0.2) is 41.3 Å². The van der Waals surface area contributed by atoms with Gasteiger partial charge in [-0.25, -0.2) is 4.21 Å². The Labute approximate surface area is 116 Å². The molecule has 19 heavy (non-hydrogen) atoms. The summed E-state index contributed by atoms with van der Waals surface area (Å²) in [4.78, 5) is 0.515. The number of hydrogen-bond donors (Lipinski definition) is 1. The quantitative estimate of drug-likeness (QED) is 0.865. The number of rotatable bonds is 3. The van der Waals surface area contributed by atoms with E-state index in [4.69, 9.17) is 0 Å². The highest BCUT2D eigenvalue weighted by molar-refractivity contribution is 7.79. The van der Waals surface area contributed by atoms with E-state index >= 15 is 0 Å². The molecule has 0 aliphatic rings. The summed E-state index contributed by atoms with van der Waals surface area (Å²) in [6.45, 7) is 6.06. The Morgan fingerprint density at radius 3 is 2.26 bits per heavy atom. The van der Waals surface area contributed by atoms with Gasteiger partial charge in [0.25, 0.3) is 0 Å². The highest BCUT2D eigenvalue weighted by atomic mass is 32.2. The van der Waals surface area contributed by atoms with E-state index in [0.29, 0.717) is 11.3 Å². The first-order valence-electron chi connectivity index (χ1n) is 6.24. The zero-order valence-electron chi connectivity index (χ0n) is 11.4. The zero-order chi connectivity index (χ0) is 14.0. The molecule has 3 heteroatoms. The summed E-state index contributed by atoms with van der Waals surface area (Å²) in [5.41, 5.74) is 5.54. The van der Waals surface area contributed by atoms with Gasteiger partial charge in [0.05, 0.1) is 4.90 Å². The lowest BCUT2D eigenvalue weighted by molar-refractivity contribution is 0.563. The highest BCUT2D eigenvalue weighted by Gasteiger charge is 2.10. The van der Waals surface area contributed by atoms with Crippen LogP contribution in [0.1, 0.15) is 27.8 Å². The molecule has 0 aliphatic heterocycles. The van der Waals surface area contributed by atoms with Crippen LogP contribution >= 0.6 is 0 Å². The lowest BCUT2D eigenvalue weighted by Crippen LogP contribution is -2.00. The Morgan fingerprint density at radius 1 is 0.947 bits per heavy atom. The lowest BCUT2D eigenvalue weighted by Gasteiger charge is -2.10. The van der Waals surface area contributed by atoms with Gasteiger partial charge in [-0.3, -0.25) is 0 Å². The normalized spacial score (nSPS) is 12.4. The fraction of sp³-hybridized carbons (Fsp3) is 0.250. The largest absolute Gasteiger partial charge is 0.302 e. The first kappa shape index (κ1) is 14.0. The second-order valence-electron chi connectivity index (χ2n) is 4.97. The molecule has 0 aromatic heterocycles. The van der Waals surface area contributed by atoms with Crippen LogP contribution in [0.2, 0.25) is 0 Å². The van der Waals surface area contributed by atoms with Crippen LogP contribution in [0.5, 0.6) is 0 Å². The smallest absolute Gasteiger partial charge is 0.186 e. The molecule has 0 saturated carbocycles. The van der Waals surface area contributed by atoms with Crippen molar-refractivity contribution in [1.29, 1.82) is 0 Å². The van der Waals surface area contributed by atoms with Crippen molar-refractivity contribution in [3.8, 4) is 0 Å². The van der Waals surface area contributed by atoms with Crippen LogP contribution < -0.4 is 0 Å². The maximum atomic E-state index is 11.4. The van der Waals surface area contributed by atoms with E-state index in [1.165, 1.54) is 16.7 Å². The van der Waals surface area contributed by atoms with Crippen molar-refractivity contribution in [3.05, 3.63) is 64.2 Å². The average molecular weight is 274 g/mol. The third-order valence-corrected chi connectivity index (χ3v) is 4.05. The summed E-state index contributed by atoms with van der Waals surface area (Å²) >= 11 is -1.94. The second-order valence-corrected chi connectivity index (χ2v) is 5.91. The van der Waals surface area contributed by atoms with Gasteiger partial charge in [0.2, 0.25) is 0 Å². The molecule has 100 valence electrons. The topological polar surface area (TPSA) is 37.3 Å². The van der Waals surface area contributed by atoms with Gasteiger partial charge in [0.1, 0.15) is 0 Å². The SMILES string of the molecule is Cc1ccc(C)c(Cc2ccc(C)cc2S(=O)O)c1. The Hall–Kier alpha value is -1.45. The lowest BCUT2D eigenvalue weighted by atomic mass is 9.98. The molecule has 0 aliphatic carbocycles. The maximum absolute atomic E-state index is 11.4. The Morgan fingerprint density at radius 2 is 1.58 bits per heavy atom. The van der Waals surface area contributed by atoms with E-state index < -0.39 is 11.1 Å². The fourth-order valence-electron chi connectivity index (χ4n) is 2.17. The van der Waals surface area contributed by atoms with Crippen molar-refractivity contribution in [2.24, 2.45) is 0 Å². The Bertz CT molecular complexity index is 633. The van der Waals surface area contributed by atoms with Crippen LogP contribution in [-0.2, 0) is 17.5 Å². The van der Waals surface area contributed by atoms with Crippen molar-refractivity contribution in [2.45, 2.75) is 32.1 Å². The molecular formula is C16H18O2S. The molecule has 2 aromatic carbocycles. The average Bonchev–Trinajstić information content (AvgIpc) is 2.35.